The summed E-state index contributed by atoms with van der Waals surface area (Å²) in [4.78, 5) is 54.4. The predicted octanol–water partition coefficient (Wildman–Crippen LogP) is 5.20. The number of carbonyl (C=O) groups is 4. The van der Waals surface area contributed by atoms with Crippen LogP contribution in [0.3, 0.4) is 0 Å². The summed E-state index contributed by atoms with van der Waals surface area (Å²) in [5, 5.41) is 1.95. The Bertz CT molecular complexity index is 1550. The molecule has 2 aliphatic heterocycles. The molecular formula is C32H37Cl2NO9S. The van der Waals surface area contributed by atoms with Crippen LogP contribution < -0.4 is 0 Å². The fraction of sp³-hybridized carbons (Fsp3) is 0.500. The Morgan fingerprint density at radius 2 is 1.73 bits per heavy atom. The lowest BCUT2D eigenvalue weighted by Gasteiger charge is -2.20. The summed E-state index contributed by atoms with van der Waals surface area (Å²) < 4.78 is 35.5. The zero-order chi connectivity index (χ0) is 32.9. The lowest BCUT2D eigenvalue weighted by atomic mass is 9.81. The Morgan fingerprint density at radius 3 is 2.31 bits per heavy atom. The number of nitrogens with zero attached hydrogens (tertiary/aromatic N) is 1. The number of benzene rings is 2. The first-order valence-corrected chi connectivity index (χ1v) is 17.3. The number of rotatable bonds is 9. The largest absolute Gasteiger partial charge is 0.376 e. The number of sulfone groups is 1. The summed E-state index contributed by atoms with van der Waals surface area (Å²) in [6, 6.07) is 10.00. The fourth-order valence-electron chi connectivity index (χ4n) is 5.29. The summed E-state index contributed by atoms with van der Waals surface area (Å²) in [5.41, 5.74) is 0.577. The summed E-state index contributed by atoms with van der Waals surface area (Å²) in [6.07, 6.45) is 3.55. The van der Waals surface area contributed by atoms with Crippen molar-refractivity contribution in [3.63, 3.8) is 0 Å². The molecule has 10 nitrogen and oxygen atoms in total. The lowest BCUT2D eigenvalue weighted by molar-refractivity contribution is -0.165. The van der Waals surface area contributed by atoms with Crippen LogP contribution in [0.2, 0.25) is 10.0 Å². The molecule has 5 rings (SSSR count). The van der Waals surface area contributed by atoms with Crippen molar-refractivity contribution in [1.82, 2.24) is 5.06 Å². The van der Waals surface area contributed by atoms with Gasteiger partial charge in [-0.1, -0.05) is 41.4 Å². The van der Waals surface area contributed by atoms with Crippen LogP contribution in [0.25, 0.3) is 0 Å². The third kappa shape index (κ3) is 8.58. The quantitative estimate of drug-likeness (QED) is 0.259. The molecule has 3 aliphatic rings. The Hall–Kier alpha value is -2.67. The number of hydrogen-bond donors (Lipinski definition) is 0. The van der Waals surface area contributed by atoms with Crippen molar-refractivity contribution in [1.29, 1.82) is 0 Å². The topological polar surface area (TPSA) is 133 Å². The summed E-state index contributed by atoms with van der Waals surface area (Å²) in [5.74, 6) is -2.90. The smallest absolute Gasteiger partial charge is 0.254 e. The molecule has 1 aliphatic carbocycles. The monoisotopic (exact) mass is 681 g/mol. The minimum Gasteiger partial charge on any atom is -0.376 e. The van der Waals surface area contributed by atoms with Crippen LogP contribution in [0.15, 0.2) is 41.3 Å². The average molecular weight is 683 g/mol. The van der Waals surface area contributed by atoms with Gasteiger partial charge in [0.25, 0.3) is 5.91 Å². The maximum atomic E-state index is 12.9. The van der Waals surface area contributed by atoms with E-state index in [1.54, 1.807) is 0 Å². The van der Waals surface area contributed by atoms with E-state index in [1.807, 2.05) is 38.1 Å². The van der Waals surface area contributed by atoms with Gasteiger partial charge in [-0.05, 0) is 56.9 Å². The molecule has 2 heterocycles. The van der Waals surface area contributed by atoms with Crippen molar-refractivity contribution in [2.75, 3.05) is 26.1 Å². The normalized spacial score (nSPS) is 20.3. The van der Waals surface area contributed by atoms with E-state index in [-0.39, 0.29) is 59.1 Å². The number of ketones is 3. The molecule has 2 aromatic rings. The SMILES string of the molecule is CC1(C)CON(Cc2ccccc2Cl)C1=O.CS(=O)(=O)c1ccc(C(=O)C2C(=O)CCCC2=O)c(Cl)c1COCC1CCCO1. The van der Waals surface area contributed by atoms with Crippen molar-refractivity contribution < 1.29 is 41.9 Å². The highest BCUT2D eigenvalue weighted by molar-refractivity contribution is 7.90. The lowest BCUT2D eigenvalue weighted by Crippen LogP contribution is -2.35. The minimum atomic E-state index is -3.64. The molecule has 2 saturated heterocycles. The van der Waals surface area contributed by atoms with Crippen LogP contribution in [0.1, 0.15) is 67.4 Å². The van der Waals surface area contributed by atoms with E-state index in [4.69, 9.17) is 37.5 Å². The van der Waals surface area contributed by atoms with Gasteiger partial charge < -0.3 is 9.47 Å². The van der Waals surface area contributed by atoms with Gasteiger partial charge in [-0.3, -0.25) is 24.0 Å². The molecular weight excluding hydrogens is 645 g/mol. The van der Waals surface area contributed by atoms with E-state index >= 15 is 0 Å². The number of hydrogen-bond acceptors (Lipinski definition) is 9. The molecule has 0 spiro atoms. The molecule has 1 unspecified atom stereocenters. The second kappa shape index (κ2) is 14.8. The summed E-state index contributed by atoms with van der Waals surface area (Å²) >= 11 is 12.4. The van der Waals surface area contributed by atoms with Crippen LogP contribution in [0.4, 0.5) is 0 Å². The van der Waals surface area contributed by atoms with E-state index in [0.29, 0.717) is 31.2 Å². The molecule has 2 aromatic carbocycles. The highest BCUT2D eigenvalue weighted by Crippen LogP contribution is 2.33. The van der Waals surface area contributed by atoms with Gasteiger partial charge in [0.1, 0.15) is 5.92 Å². The summed E-state index contributed by atoms with van der Waals surface area (Å²) in [7, 11) is -3.64. The Kier molecular flexibility index (Phi) is 11.6. The molecule has 0 bridgehead atoms. The van der Waals surface area contributed by atoms with Gasteiger partial charge in [-0.15, -0.1) is 0 Å². The first-order valence-electron chi connectivity index (χ1n) is 14.7. The van der Waals surface area contributed by atoms with Gasteiger partial charge in [0, 0.05) is 41.9 Å². The Morgan fingerprint density at radius 1 is 1.04 bits per heavy atom. The van der Waals surface area contributed by atoms with Crippen molar-refractivity contribution in [2.24, 2.45) is 11.3 Å². The van der Waals surface area contributed by atoms with E-state index in [9.17, 15) is 27.6 Å². The van der Waals surface area contributed by atoms with Crippen LogP contribution in [0.5, 0.6) is 0 Å². The number of Topliss-reactive ketones (excluding diaryl/α,β-unsaturated/α-hetero) is 3. The molecule has 1 atom stereocenters. The summed E-state index contributed by atoms with van der Waals surface area (Å²) in [6.45, 7) is 5.39. The zero-order valence-electron chi connectivity index (χ0n) is 25.5. The highest BCUT2D eigenvalue weighted by Gasteiger charge is 2.40. The minimum absolute atomic E-state index is 0.00687. The maximum Gasteiger partial charge on any atom is 0.254 e. The molecule has 0 N–H and O–H groups in total. The number of amides is 1. The van der Waals surface area contributed by atoms with E-state index in [1.165, 1.54) is 17.2 Å². The zero-order valence-corrected chi connectivity index (χ0v) is 27.8. The number of ether oxygens (including phenoxy) is 2. The van der Waals surface area contributed by atoms with Crippen molar-refractivity contribution in [3.05, 3.63) is 63.1 Å². The first-order chi connectivity index (χ1) is 21.2. The third-order valence-corrected chi connectivity index (χ3v) is 9.83. The molecule has 13 heteroatoms. The van der Waals surface area contributed by atoms with Crippen molar-refractivity contribution in [3.8, 4) is 0 Å². The molecule has 3 fully saturated rings. The molecule has 45 heavy (non-hydrogen) atoms. The fourth-order valence-corrected chi connectivity index (χ4v) is 6.78. The van der Waals surface area contributed by atoms with Gasteiger partial charge in [0.2, 0.25) is 0 Å². The van der Waals surface area contributed by atoms with Gasteiger partial charge in [-0.2, -0.15) is 0 Å². The van der Waals surface area contributed by atoms with Gasteiger partial charge >= 0.3 is 0 Å². The third-order valence-electron chi connectivity index (χ3n) is 7.85. The van der Waals surface area contributed by atoms with E-state index in [0.717, 1.165) is 24.7 Å². The van der Waals surface area contributed by atoms with Crippen LogP contribution in [-0.2, 0) is 51.7 Å². The molecule has 1 amide bonds. The number of carbonyl (C=O) groups excluding carboxylic acids is 4. The predicted molar refractivity (Wildman–Crippen MR) is 167 cm³/mol. The second-order valence-electron chi connectivity index (χ2n) is 12.0. The van der Waals surface area contributed by atoms with Crippen molar-refractivity contribution in [2.45, 2.75) is 70.1 Å². The van der Waals surface area contributed by atoms with Crippen molar-refractivity contribution >= 4 is 56.3 Å². The standard InChI is InChI=1S/C20H23ClO7S.C12H14ClNO2/c1-29(25,26)17-8-7-13(20(24)18-15(22)5-2-6-16(18)23)19(21)14(17)11-27-10-12-4-3-9-28-12;1-12(2)8-16-14(11(12)15)7-9-5-3-4-6-10(9)13/h7-8,12,18H,2-6,9-11H2,1H3;3-6H,7-8H2,1-2H3. The van der Waals surface area contributed by atoms with Gasteiger partial charge in [-0.25, -0.2) is 13.5 Å². The maximum absolute atomic E-state index is 12.9. The van der Waals surface area contributed by atoms with Crippen LogP contribution in [-0.4, -0.2) is 68.9 Å². The van der Waals surface area contributed by atoms with E-state index in [2.05, 4.69) is 0 Å². The number of halogens is 2. The first kappa shape index (κ1) is 35.2. The van der Waals surface area contributed by atoms with Crippen LogP contribution in [0, 0.1) is 11.3 Å². The van der Waals surface area contributed by atoms with Gasteiger partial charge in [0.05, 0.1) is 47.8 Å². The highest BCUT2D eigenvalue weighted by atomic mass is 35.5. The van der Waals surface area contributed by atoms with Crippen LogP contribution >= 0.6 is 23.2 Å². The second-order valence-corrected chi connectivity index (χ2v) is 14.8. The molecule has 244 valence electrons. The average Bonchev–Trinajstić information content (AvgIpc) is 3.58. The molecule has 1 saturated carbocycles. The Labute approximate surface area is 273 Å². The Balaban J connectivity index is 0.000000242. The molecule has 0 aromatic heterocycles. The molecule has 0 radical (unpaired) electrons. The number of hydroxylamine groups is 2. The van der Waals surface area contributed by atoms with E-state index < -0.39 is 38.5 Å². The van der Waals surface area contributed by atoms with Gasteiger partial charge in [0.15, 0.2) is 27.2 Å².